The van der Waals surface area contributed by atoms with E-state index in [9.17, 15) is 33.0 Å². The summed E-state index contributed by atoms with van der Waals surface area (Å²) in [5.74, 6) is -4.48. The summed E-state index contributed by atoms with van der Waals surface area (Å²) in [6, 6.07) is 3.60. The van der Waals surface area contributed by atoms with E-state index in [1.54, 1.807) is 0 Å². The number of anilines is 1. The summed E-state index contributed by atoms with van der Waals surface area (Å²) in [5.41, 5.74) is -2.26. The highest BCUT2D eigenvalue weighted by Gasteiger charge is 2.26. The third-order valence-corrected chi connectivity index (χ3v) is 4.79. The van der Waals surface area contributed by atoms with Gasteiger partial charge in [-0.25, -0.2) is 22.9 Å². The van der Waals surface area contributed by atoms with Crippen molar-refractivity contribution in [2.24, 2.45) is 0 Å². The number of aromatic nitrogens is 2. The number of aromatic carboxylic acids is 1. The van der Waals surface area contributed by atoms with Crippen LogP contribution in [0.1, 0.15) is 16.8 Å². The molecule has 0 amide bonds. The van der Waals surface area contributed by atoms with Gasteiger partial charge in [-0.2, -0.15) is 0 Å². The van der Waals surface area contributed by atoms with Gasteiger partial charge < -0.3 is 15.1 Å². The van der Waals surface area contributed by atoms with E-state index in [1.165, 1.54) is 4.90 Å². The maximum absolute atomic E-state index is 14.7. The van der Waals surface area contributed by atoms with Gasteiger partial charge in [0, 0.05) is 30.3 Å². The SMILES string of the molecule is O=C(O)c1cc(-c2ccc(F)cc2F)c2nc(N3CCC(O)C3)c(F)cn2c1=O. The number of carbonyl (C=O) groups is 1. The Kier molecular flexibility index (Phi) is 4.50. The molecule has 1 aliphatic rings. The molecule has 7 nitrogen and oxygen atoms in total. The Balaban J connectivity index is 2.05. The standard InChI is InChI=1S/C19H14F3N3O4/c20-9-1-2-11(14(21)5-9)12-6-13(19(28)29)18(27)25-8-15(22)17(23-16(12)25)24-4-3-10(26)7-24/h1-2,5-6,8,10,26H,3-4,7H2,(H,28,29). The van der Waals surface area contributed by atoms with Gasteiger partial charge in [-0.05, 0) is 24.6 Å². The second-order valence-corrected chi connectivity index (χ2v) is 6.70. The number of pyridine rings is 1. The van der Waals surface area contributed by atoms with E-state index in [-0.39, 0.29) is 29.1 Å². The molecule has 1 saturated heterocycles. The van der Waals surface area contributed by atoms with Crippen LogP contribution in [0, 0.1) is 17.5 Å². The van der Waals surface area contributed by atoms with Crippen molar-refractivity contribution >= 4 is 17.4 Å². The molecule has 2 aromatic heterocycles. The van der Waals surface area contributed by atoms with Gasteiger partial charge >= 0.3 is 5.97 Å². The number of aliphatic hydroxyl groups excluding tert-OH is 1. The first-order valence-electron chi connectivity index (χ1n) is 8.64. The Morgan fingerprint density at radius 1 is 1.14 bits per heavy atom. The highest BCUT2D eigenvalue weighted by molar-refractivity contribution is 5.91. The molecule has 2 N–H and O–H groups in total. The zero-order valence-electron chi connectivity index (χ0n) is 14.8. The van der Waals surface area contributed by atoms with Crippen LogP contribution in [-0.2, 0) is 0 Å². The summed E-state index contributed by atoms with van der Waals surface area (Å²) in [5, 5.41) is 19.0. The first-order valence-corrected chi connectivity index (χ1v) is 8.64. The summed E-state index contributed by atoms with van der Waals surface area (Å²) in [4.78, 5) is 29.6. The number of benzene rings is 1. The van der Waals surface area contributed by atoms with Crippen LogP contribution in [0.2, 0.25) is 0 Å². The molecule has 3 heterocycles. The van der Waals surface area contributed by atoms with E-state index in [4.69, 9.17) is 0 Å². The fraction of sp³-hybridized carbons (Fsp3) is 0.211. The quantitative estimate of drug-likeness (QED) is 0.693. The second-order valence-electron chi connectivity index (χ2n) is 6.70. The van der Waals surface area contributed by atoms with Gasteiger partial charge in [0.05, 0.1) is 12.3 Å². The van der Waals surface area contributed by atoms with Gasteiger partial charge in [0.25, 0.3) is 5.56 Å². The van der Waals surface area contributed by atoms with Crippen molar-refractivity contribution in [2.75, 3.05) is 18.0 Å². The summed E-state index contributed by atoms with van der Waals surface area (Å²) in [7, 11) is 0. The third kappa shape index (κ3) is 3.21. The number of nitrogens with zero attached hydrogens (tertiary/aromatic N) is 3. The lowest BCUT2D eigenvalue weighted by Crippen LogP contribution is -2.27. The summed E-state index contributed by atoms with van der Waals surface area (Å²) >= 11 is 0. The number of rotatable bonds is 3. The molecule has 3 aromatic rings. The van der Waals surface area contributed by atoms with Crippen LogP contribution >= 0.6 is 0 Å². The lowest BCUT2D eigenvalue weighted by Gasteiger charge is -2.19. The predicted octanol–water partition coefficient (Wildman–Crippen LogP) is 2.05. The molecule has 1 aliphatic heterocycles. The van der Waals surface area contributed by atoms with Crippen molar-refractivity contribution in [3.8, 4) is 11.1 Å². The zero-order chi connectivity index (χ0) is 20.9. The Morgan fingerprint density at radius 2 is 1.90 bits per heavy atom. The van der Waals surface area contributed by atoms with E-state index in [0.717, 1.165) is 24.4 Å². The average molecular weight is 405 g/mol. The van der Waals surface area contributed by atoms with Crippen molar-refractivity contribution in [1.82, 2.24) is 9.38 Å². The number of fused-ring (bicyclic) bond motifs is 1. The van der Waals surface area contributed by atoms with E-state index < -0.39 is 40.6 Å². The minimum absolute atomic E-state index is 0.111. The number of carboxylic acids is 1. The molecule has 0 saturated carbocycles. The van der Waals surface area contributed by atoms with E-state index >= 15 is 0 Å². The lowest BCUT2D eigenvalue weighted by atomic mass is 10.0. The lowest BCUT2D eigenvalue weighted by molar-refractivity contribution is 0.0694. The first kappa shape index (κ1) is 18.9. The molecule has 0 radical (unpaired) electrons. The number of hydrogen-bond donors (Lipinski definition) is 2. The van der Waals surface area contributed by atoms with Gasteiger partial charge in [-0.3, -0.25) is 9.20 Å². The Hall–Kier alpha value is -3.40. The predicted molar refractivity (Wildman–Crippen MR) is 96.6 cm³/mol. The fourth-order valence-electron chi connectivity index (χ4n) is 3.40. The molecular formula is C19H14F3N3O4. The minimum Gasteiger partial charge on any atom is -0.477 e. The van der Waals surface area contributed by atoms with Crippen molar-refractivity contribution in [3.63, 3.8) is 0 Å². The number of carboxylic acid groups (broad SMARTS) is 1. The monoisotopic (exact) mass is 405 g/mol. The van der Waals surface area contributed by atoms with E-state index in [0.29, 0.717) is 23.4 Å². The fourth-order valence-corrected chi connectivity index (χ4v) is 3.40. The van der Waals surface area contributed by atoms with Crippen LogP contribution < -0.4 is 10.5 Å². The van der Waals surface area contributed by atoms with E-state index in [1.807, 2.05) is 0 Å². The van der Waals surface area contributed by atoms with Gasteiger partial charge in [0.1, 0.15) is 22.8 Å². The molecule has 1 fully saturated rings. The van der Waals surface area contributed by atoms with Gasteiger partial charge in [0.15, 0.2) is 11.6 Å². The van der Waals surface area contributed by atoms with Gasteiger partial charge in [0.2, 0.25) is 0 Å². The van der Waals surface area contributed by atoms with Crippen molar-refractivity contribution in [3.05, 3.63) is 63.8 Å². The number of halogens is 3. The largest absolute Gasteiger partial charge is 0.477 e. The molecule has 150 valence electrons. The molecule has 0 bridgehead atoms. The molecule has 0 spiro atoms. The second kappa shape index (κ2) is 6.89. The van der Waals surface area contributed by atoms with Gasteiger partial charge in [-0.1, -0.05) is 0 Å². The maximum atomic E-state index is 14.7. The molecule has 1 atom stereocenters. The molecule has 0 aliphatic carbocycles. The molecule has 1 unspecified atom stereocenters. The highest BCUT2D eigenvalue weighted by Crippen LogP contribution is 2.30. The van der Waals surface area contributed by atoms with Crippen LogP contribution in [0.5, 0.6) is 0 Å². The molecule has 4 rings (SSSR count). The van der Waals surface area contributed by atoms with Crippen LogP contribution in [0.4, 0.5) is 19.0 Å². The van der Waals surface area contributed by atoms with Crippen LogP contribution in [0.25, 0.3) is 16.8 Å². The Bertz CT molecular complexity index is 1210. The smallest absolute Gasteiger partial charge is 0.341 e. The molecule has 1 aromatic carbocycles. The summed E-state index contributed by atoms with van der Waals surface area (Å²) in [6.45, 7) is 0.441. The average Bonchev–Trinajstić information content (AvgIpc) is 3.08. The van der Waals surface area contributed by atoms with Crippen LogP contribution in [0.15, 0.2) is 35.3 Å². The zero-order valence-corrected chi connectivity index (χ0v) is 14.8. The molecule has 10 heteroatoms. The van der Waals surface area contributed by atoms with Crippen molar-refractivity contribution in [1.29, 1.82) is 0 Å². The summed E-state index contributed by atoms with van der Waals surface area (Å²) < 4.78 is 43.1. The number of aliphatic hydroxyl groups is 1. The van der Waals surface area contributed by atoms with Gasteiger partial charge in [-0.15, -0.1) is 0 Å². The number of β-amino-alcohol motifs (C(OH)–C–C–N with tert-alkyl or cyclic N) is 1. The number of hydrogen-bond acceptors (Lipinski definition) is 5. The summed E-state index contributed by atoms with van der Waals surface area (Å²) in [6.07, 6.45) is 0.511. The molecular weight excluding hydrogens is 391 g/mol. The Labute approximate surface area is 161 Å². The minimum atomic E-state index is -1.58. The maximum Gasteiger partial charge on any atom is 0.341 e. The van der Waals surface area contributed by atoms with Crippen LogP contribution in [0.3, 0.4) is 0 Å². The first-order chi connectivity index (χ1) is 13.8. The van der Waals surface area contributed by atoms with Crippen LogP contribution in [-0.4, -0.2) is 44.8 Å². The third-order valence-electron chi connectivity index (χ3n) is 4.79. The highest BCUT2D eigenvalue weighted by atomic mass is 19.1. The topological polar surface area (TPSA) is 95.1 Å². The molecule has 29 heavy (non-hydrogen) atoms. The van der Waals surface area contributed by atoms with Crippen molar-refractivity contribution < 1.29 is 28.2 Å². The van der Waals surface area contributed by atoms with Crippen molar-refractivity contribution in [2.45, 2.75) is 12.5 Å². The Morgan fingerprint density at radius 3 is 2.52 bits per heavy atom. The van der Waals surface area contributed by atoms with E-state index in [2.05, 4.69) is 4.98 Å². The normalized spacial score (nSPS) is 16.6.